The number of azide groups is 1. The maximum absolute atomic E-state index is 12.9. The summed E-state index contributed by atoms with van der Waals surface area (Å²) in [5, 5.41) is 11.2. The Kier molecular flexibility index (Phi) is 3.71. The second-order valence-electron chi connectivity index (χ2n) is 4.88. The predicted molar refractivity (Wildman–Crippen MR) is 74.2 cm³/mol. The Hall–Kier alpha value is -2.93. The standard InChI is InChI=1S/C13H11FN6O2/c14-10-3-1-9(2-4-10)12-17-18-13(22-12)20-7-8(5-11(20)21)6-16-19-15/h1-4,8H,5-7H2. The summed E-state index contributed by atoms with van der Waals surface area (Å²) in [6.07, 6.45) is 0.271. The summed E-state index contributed by atoms with van der Waals surface area (Å²) in [7, 11) is 0. The van der Waals surface area contributed by atoms with E-state index < -0.39 is 0 Å². The second-order valence-corrected chi connectivity index (χ2v) is 4.88. The molecule has 8 nitrogen and oxygen atoms in total. The smallest absolute Gasteiger partial charge is 0.325 e. The van der Waals surface area contributed by atoms with Crippen molar-refractivity contribution in [3.8, 4) is 11.5 Å². The third kappa shape index (κ3) is 2.75. The van der Waals surface area contributed by atoms with Crippen LogP contribution in [0.2, 0.25) is 0 Å². The average molecular weight is 302 g/mol. The zero-order valence-electron chi connectivity index (χ0n) is 11.4. The van der Waals surface area contributed by atoms with Crippen molar-refractivity contribution in [2.24, 2.45) is 11.0 Å². The first kappa shape index (κ1) is 14.0. The topological polar surface area (TPSA) is 108 Å². The zero-order valence-corrected chi connectivity index (χ0v) is 11.4. The lowest BCUT2D eigenvalue weighted by Crippen LogP contribution is -2.25. The van der Waals surface area contributed by atoms with Gasteiger partial charge in [-0.15, -0.1) is 5.10 Å². The minimum atomic E-state index is -0.362. The third-order valence-electron chi connectivity index (χ3n) is 3.34. The van der Waals surface area contributed by atoms with Crippen LogP contribution in [0.25, 0.3) is 21.9 Å². The van der Waals surface area contributed by atoms with E-state index in [4.69, 9.17) is 9.95 Å². The molecule has 1 atom stereocenters. The number of rotatable bonds is 4. The molecule has 22 heavy (non-hydrogen) atoms. The van der Waals surface area contributed by atoms with Gasteiger partial charge in [0.2, 0.25) is 11.8 Å². The van der Waals surface area contributed by atoms with Crippen LogP contribution in [0.4, 0.5) is 10.4 Å². The molecule has 1 aliphatic rings. The fraction of sp³-hybridized carbons (Fsp3) is 0.308. The number of hydrogen-bond acceptors (Lipinski definition) is 5. The molecule has 1 aromatic heterocycles. The van der Waals surface area contributed by atoms with E-state index in [0.29, 0.717) is 12.1 Å². The van der Waals surface area contributed by atoms with E-state index in [0.717, 1.165) is 0 Å². The zero-order chi connectivity index (χ0) is 15.5. The Bertz CT molecular complexity index is 737. The monoisotopic (exact) mass is 302 g/mol. The van der Waals surface area contributed by atoms with Crippen LogP contribution in [0.3, 0.4) is 0 Å². The lowest BCUT2D eigenvalue weighted by Gasteiger charge is -2.09. The Morgan fingerprint density at radius 3 is 2.91 bits per heavy atom. The minimum Gasteiger partial charge on any atom is -0.403 e. The maximum atomic E-state index is 12.9. The number of benzene rings is 1. The largest absolute Gasteiger partial charge is 0.403 e. The van der Waals surface area contributed by atoms with E-state index in [1.54, 1.807) is 0 Å². The molecular weight excluding hydrogens is 291 g/mol. The van der Waals surface area contributed by atoms with Gasteiger partial charge in [0.05, 0.1) is 0 Å². The molecule has 1 unspecified atom stereocenters. The van der Waals surface area contributed by atoms with Crippen LogP contribution in [0.15, 0.2) is 33.8 Å². The number of aromatic nitrogens is 2. The van der Waals surface area contributed by atoms with Crippen LogP contribution in [-0.4, -0.2) is 29.2 Å². The van der Waals surface area contributed by atoms with Crippen molar-refractivity contribution >= 4 is 11.9 Å². The van der Waals surface area contributed by atoms with Crippen LogP contribution in [-0.2, 0) is 4.79 Å². The number of hydrogen-bond donors (Lipinski definition) is 0. The molecule has 0 saturated carbocycles. The highest BCUT2D eigenvalue weighted by atomic mass is 19.1. The number of amides is 1. The van der Waals surface area contributed by atoms with Gasteiger partial charge in [-0.3, -0.25) is 9.69 Å². The van der Waals surface area contributed by atoms with Crippen molar-refractivity contribution in [3.63, 3.8) is 0 Å². The first-order chi connectivity index (χ1) is 10.7. The van der Waals surface area contributed by atoms with E-state index in [-0.39, 0.29) is 42.5 Å². The third-order valence-corrected chi connectivity index (χ3v) is 3.34. The van der Waals surface area contributed by atoms with E-state index in [1.807, 2.05) is 0 Å². The van der Waals surface area contributed by atoms with Crippen LogP contribution in [0.5, 0.6) is 0 Å². The molecule has 2 heterocycles. The summed E-state index contributed by atoms with van der Waals surface area (Å²) >= 11 is 0. The molecule has 2 aromatic rings. The quantitative estimate of drug-likeness (QED) is 0.491. The van der Waals surface area contributed by atoms with Crippen molar-refractivity contribution in [2.75, 3.05) is 18.0 Å². The number of anilines is 1. The van der Waals surface area contributed by atoms with Crippen molar-refractivity contribution in [1.29, 1.82) is 0 Å². The van der Waals surface area contributed by atoms with Gasteiger partial charge in [-0.1, -0.05) is 10.2 Å². The lowest BCUT2D eigenvalue weighted by molar-refractivity contribution is -0.117. The van der Waals surface area contributed by atoms with Gasteiger partial charge in [-0.2, -0.15) is 0 Å². The Labute approximate surface area is 124 Å². The van der Waals surface area contributed by atoms with E-state index in [9.17, 15) is 9.18 Å². The van der Waals surface area contributed by atoms with Crippen molar-refractivity contribution in [3.05, 3.63) is 40.5 Å². The summed E-state index contributed by atoms with van der Waals surface area (Å²) in [6.45, 7) is 0.612. The molecular formula is C13H11FN6O2. The van der Waals surface area contributed by atoms with E-state index in [2.05, 4.69) is 20.2 Å². The fourth-order valence-corrected chi connectivity index (χ4v) is 2.27. The molecule has 3 rings (SSSR count). The predicted octanol–water partition coefficient (Wildman–Crippen LogP) is 2.54. The van der Waals surface area contributed by atoms with Gasteiger partial charge < -0.3 is 4.42 Å². The Morgan fingerprint density at radius 1 is 1.41 bits per heavy atom. The van der Waals surface area contributed by atoms with Crippen molar-refractivity contribution < 1.29 is 13.6 Å². The number of nitrogens with zero attached hydrogens (tertiary/aromatic N) is 6. The first-order valence-electron chi connectivity index (χ1n) is 6.58. The highest BCUT2D eigenvalue weighted by Crippen LogP contribution is 2.27. The van der Waals surface area contributed by atoms with Crippen molar-refractivity contribution in [1.82, 2.24) is 10.2 Å². The highest BCUT2D eigenvalue weighted by Gasteiger charge is 2.33. The SMILES string of the molecule is [N-]=[N+]=NCC1CC(=O)N(c2nnc(-c3ccc(F)cc3)o2)C1. The average Bonchev–Trinajstić information content (AvgIpc) is 3.12. The molecule has 0 radical (unpaired) electrons. The number of carbonyl (C=O) groups excluding carboxylic acids is 1. The van der Waals surface area contributed by atoms with E-state index >= 15 is 0 Å². The summed E-state index contributed by atoms with van der Waals surface area (Å²) in [5.74, 6) is -0.377. The normalized spacial score (nSPS) is 17.6. The summed E-state index contributed by atoms with van der Waals surface area (Å²) in [6, 6.07) is 5.70. The van der Waals surface area contributed by atoms with Crippen LogP contribution in [0.1, 0.15) is 6.42 Å². The fourth-order valence-electron chi connectivity index (χ4n) is 2.27. The van der Waals surface area contributed by atoms with Gasteiger partial charge in [-0.05, 0) is 35.7 Å². The molecule has 0 N–H and O–H groups in total. The van der Waals surface area contributed by atoms with Gasteiger partial charge in [-0.25, -0.2) is 4.39 Å². The van der Waals surface area contributed by atoms with Crippen molar-refractivity contribution in [2.45, 2.75) is 6.42 Å². The minimum absolute atomic E-state index is 0.0652. The molecule has 1 aromatic carbocycles. The second kappa shape index (κ2) is 5.82. The van der Waals surface area contributed by atoms with Gasteiger partial charge in [0.15, 0.2) is 0 Å². The molecule has 0 spiro atoms. The van der Waals surface area contributed by atoms with Gasteiger partial charge in [0, 0.05) is 30.0 Å². The van der Waals surface area contributed by atoms with Crippen LogP contribution in [0, 0.1) is 11.7 Å². The summed E-state index contributed by atoms with van der Waals surface area (Å²) in [5.41, 5.74) is 8.88. The van der Waals surface area contributed by atoms with Gasteiger partial charge in [0.1, 0.15) is 5.82 Å². The molecule has 1 saturated heterocycles. The molecule has 1 aliphatic heterocycles. The highest BCUT2D eigenvalue weighted by molar-refractivity contribution is 5.93. The first-order valence-corrected chi connectivity index (χ1v) is 6.58. The van der Waals surface area contributed by atoms with Crippen LogP contribution < -0.4 is 4.90 Å². The van der Waals surface area contributed by atoms with Crippen LogP contribution >= 0.6 is 0 Å². The number of carbonyl (C=O) groups is 1. The molecule has 112 valence electrons. The Balaban J connectivity index is 1.77. The molecule has 0 aliphatic carbocycles. The molecule has 1 fully saturated rings. The number of halogens is 1. The van der Waals surface area contributed by atoms with Gasteiger partial charge in [0.25, 0.3) is 0 Å². The summed E-state index contributed by atoms with van der Waals surface area (Å²) in [4.78, 5) is 16.0. The maximum Gasteiger partial charge on any atom is 0.325 e. The van der Waals surface area contributed by atoms with E-state index in [1.165, 1.54) is 29.2 Å². The lowest BCUT2D eigenvalue weighted by atomic mass is 10.1. The molecule has 1 amide bonds. The molecule has 9 heteroatoms. The summed E-state index contributed by atoms with van der Waals surface area (Å²) < 4.78 is 18.4. The Morgan fingerprint density at radius 2 is 2.18 bits per heavy atom. The van der Waals surface area contributed by atoms with Gasteiger partial charge >= 0.3 is 6.01 Å². The molecule has 0 bridgehead atoms.